The molecule has 7 nitrogen and oxygen atoms in total. The Balaban J connectivity index is 1.19. The first kappa shape index (κ1) is 20.7. The van der Waals surface area contributed by atoms with Gasteiger partial charge in [-0.2, -0.15) is 0 Å². The third-order valence-corrected chi connectivity index (χ3v) is 9.01. The SMILES string of the molecule is Cc1c(CCN2CCC3(CC2)CCN(C2=CS(=O)(=O)CC2)C3=O)ccc2c1COC2=O. The predicted octanol–water partition coefficient (Wildman–Crippen LogP) is 2.18. The molecule has 8 heteroatoms. The molecule has 0 atom stereocenters. The standard InChI is InChI=1S/C23H28N2O5S/c1-16-17(2-3-19-20(16)14-30-21(19)26)4-9-24-10-6-23(7-11-24)8-12-25(22(23)27)18-5-13-31(28,29)15-18/h2-3,15H,4-14H2,1H3. The number of fused-ring (bicyclic) bond motifs is 1. The number of cyclic esters (lactones) is 1. The number of hydrogen-bond acceptors (Lipinski definition) is 6. The summed E-state index contributed by atoms with van der Waals surface area (Å²) < 4.78 is 28.7. The van der Waals surface area contributed by atoms with Crippen LogP contribution in [0.15, 0.2) is 23.2 Å². The highest BCUT2D eigenvalue weighted by Crippen LogP contribution is 2.43. The van der Waals surface area contributed by atoms with Crippen molar-refractivity contribution in [1.82, 2.24) is 9.80 Å². The minimum atomic E-state index is -3.14. The fraction of sp³-hybridized carbons (Fsp3) is 0.565. The molecule has 1 spiro atoms. The van der Waals surface area contributed by atoms with Gasteiger partial charge in [-0.15, -0.1) is 0 Å². The topological polar surface area (TPSA) is 84.0 Å². The van der Waals surface area contributed by atoms with E-state index in [1.165, 1.54) is 11.0 Å². The summed E-state index contributed by atoms with van der Waals surface area (Å²) in [5.74, 6) is 0.0109. The molecule has 166 valence electrons. The summed E-state index contributed by atoms with van der Waals surface area (Å²) in [6.45, 7) is 5.74. The summed E-state index contributed by atoms with van der Waals surface area (Å²) in [7, 11) is -3.14. The molecular formula is C23H28N2O5S. The van der Waals surface area contributed by atoms with E-state index in [0.29, 0.717) is 30.8 Å². The lowest BCUT2D eigenvalue weighted by Crippen LogP contribution is -2.45. The fourth-order valence-corrected chi connectivity index (χ4v) is 6.75. The number of carbonyl (C=O) groups excluding carboxylic acids is 2. The Morgan fingerprint density at radius 1 is 1.10 bits per heavy atom. The smallest absolute Gasteiger partial charge is 0.338 e. The second kappa shape index (κ2) is 7.45. The average molecular weight is 445 g/mol. The summed E-state index contributed by atoms with van der Waals surface area (Å²) >= 11 is 0. The van der Waals surface area contributed by atoms with Crippen LogP contribution in [-0.4, -0.2) is 62.0 Å². The lowest BCUT2D eigenvalue weighted by Gasteiger charge is -2.38. The van der Waals surface area contributed by atoms with Crippen molar-refractivity contribution in [2.75, 3.05) is 31.9 Å². The normalized spacial score (nSPS) is 24.5. The van der Waals surface area contributed by atoms with E-state index in [1.807, 2.05) is 12.1 Å². The number of likely N-dealkylation sites (tertiary alicyclic amines) is 2. The Kier molecular flexibility index (Phi) is 4.97. The van der Waals surface area contributed by atoms with E-state index >= 15 is 0 Å². The van der Waals surface area contributed by atoms with Crippen LogP contribution >= 0.6 is 0 Å². The van der Waals surface area contributed by atoms with Crippen molar-refractivity contribution < 1.29 is 22.7 Å². The highest BCUT2D eigenvalue weighted by atomic mass is 32.2. The number of carbonyl (C=O) groups is 2. The van der Waals surface area contributed by atoms with Gasteiger partial charge >= 0.3 is 5.97 Å². The number of ether oxygens (including phenoxy) is 1. The largest absolute Gasteiger partial charge is 0.457 e. The fourth-order valence-electron chi connectivity index (χ4n) is 5.48. The number of piperidine rings is 1. The summed E-state index contributed by atoms with van der Waals surface area (Å²) in [5.41, 5.74) is 4.45. The second-order valence-electron chi connectivity index (χ2n) is 9.26. The predicted molar refractivity (Wildman–Crippen MR) is 115 cm³/mol. The molecule has 0 unspecified atom stereocenters. The molecule has 2 fully saturated rings. The third kappa shape index (κ3) is 3.59. The molecule has 5 rings (SSSR count). The molecule has 31 heavy (non-hydrogen) atoms. The zero-order valence-electron chi connectivity index (χ0n) is 17.9. The number of allylic oxidation sites excluding steroid dienone is 1. The Bertz CT molecular complexity index is 1080. The van der Waals surface area contributed by atoms with Crippen LogP contribution in [-0.2, 0) is 32.4 Å². The summed E-state index contributed by atoms with van der Waals surface area (Å²) in [6, 6.07) is 3.91. The van der Waals surface area contributed by atoms with Gasteiger partial charge in [0.25, 0.3) is 0 Å². The number of nitrogens with zero attached hydrogens (tertiary/aromatic N) is 2. The van der Waals surface area contributed by atoms with Crippen LogP contribution in [0.2, 0.25) is 0 Å². The molecule has 1 aromatic carbocycles. The summed E-state index contributed by atoms with van der Waals surface area (Å²) in [6.07, 6.45) is 3.83. The first-order valence-electron chi connectivity index (χ1n) is 11.0. The van der Waals surface area contributed by atoms with Crippen LogP contribution in [0.1, 0.15) is 52.7 Å². The number of rotatable bonds is 4. The van der Waals surface area contributed by atoms with E-state index in [9.17, 15) is 18.0 Å². The van der Waals surface area contributed by atoms with E-state index in [4.69, 9.17) is 4.74 Å². The maximum Gasteiger partial charge on any atom is 0.338 e. The van der Waals surface area contributed by atoms with E-state index in [0.717, 1.165) is 56.4 Å². The monoisotopic (exact) mass is 444 g/mol. The Labute approximate surface area is 183 Å². The van der Waals surface area contributed by atoms with Gasteiger partial charge in [-0.1, -0.05) is 6.07 Å². The van der Waals surface area contributed by atoms with Crippen molar-refractivity contribution in [1.29, 1.82) is 0 Å². The zero-order chi connectivity index (χ0) is 21.8. The van der Waals surface area contributed by atoms with Crippen molar-refractivity contribution in [3.8, 4) is 0 Å². The Hall–Kier alpha value is -2.19. The molecule has 0 radical (unpaired) electrons. The third-order valence-electron chi connectivity index (χ3n) is 7.61. The Morgan fingerprint density at radius 3 is 2.55 bits per heavy atom. The maximum absolute atomic E-state index is 13.2. The first-order valence-corrected chi connectivity index (χ1v) is 12.8. The molecular weight excluding hydrogens is 416 g/mol. The lowest BCUT2D eigenvalue weighted by molar-refractivity contribution is -0.136. The van der Waals surface area contributed by atoms with Crippen molar-refractivity contribution in [2.24, 2.45) is 5.41 Å². The van der Waals surface area contributed by atoms with Crippen LogP contribution in [0.5, 0.6) is 0 Å². The summed E-state index contributed by atoms with van der Waals surface area (Å²) in [4.78, 5) is 29.1. The van der Waals surface area contributed by atoms with Gasteiger partial charge in [0.2, 0.25) is 5.91 Å². The van der Waals surface area contributed by atoms with Gasteiger partial charge in [-0.05, 0) is 62.9 Å². The minimum Gasteiger partial charge on any atom is -0.457 e. The zero-order valence-corrected chi connectivity index (χ0v) is 18.7. The molecule has 0 saturated carbocycles. The van der Waals surface area contributed by atoms with Gasteiger partial charge in [0.1, 0.15) is 6.61 Å². The minimum absolute atomic E-state index is 0.120. The van der Waals surface area contributed by atoms with Crippen molar-refractivity contribution in [3.63, 3.8) is 0 Å². The van der Waals surface area contributed by atoms with Gasteiger partial charge in [-0.25, -0.2) is 13.2 Å². The second-order valence-corrected chi connectivity index (χ2v) is 11.2. The molecule has 0 N–H and O–H groups in total. The number of sulfone groups is 1. The van der Waals surface area contributed by atoms with Crippen LogP contribution < -0.4 is 0 Å². The lowest BCUT2D eigenvalue weighted by atomic mass is 9.77. The van der Waals surface area contributed by atoms with Gasteiger partial charge in [0.05, 0.1) is 22.1 Å². The molecule has 0 aromatic heterocycles. The molecule has 1 aromatic rings. The van der Waals surface area contributed by atoms with E-state index in [-0.39, 0.29) is 23.0 Å². The number of amides is 1. The number of esters is 1. The molecule has 4 aliphatic rings. The Morgan fingerprint density at radius 2 is 1.84 bits per heavy atom. The van der Waals surface area contributed by atoms with E-state index in [2.05, 4.69) is 11.8 Å². The van der Waals surface area contributed by atoms with Crippen molar-refractivity contribution in [2.45, 2.75) is 45.6 Å². The van der Waals surface area contributed by atoms with Crippen LogP contribution in [0.3, 0.4) is 0 Å². The molecule has 0 aliphatic carbocycles. The molecule has 4 aliphatic heterocycles. The molecule has 1 amide bonds. The van der Waals surface area contributed by atoms with Crippen LogP contribution in [0, 0.1) is 12.3 Å². The maximum atomic E-state index is 13.2. The van der Waals surface area contributed by atoms with E-state index < -0.39 is 9.84 Å². The summed E-state index contributed by atoms with van der Waals surface area (Å²) in [5, 5.41) is 1.30. The highest BCUT2D eigenvalue weighted by molar-refractivity contribution is 7.94. The van der Waals surface area contributed by atoms with Gasteiger partial charge < -0.3 is 14.5 Å². The quantitative estimate of drug-likeness (QED) is 0.662. The van der Waals surface area contributed by atoms with Crippen molar-refractivity contribution >= 4 is 21.7 Å². The van der Waals surface area contributed by atoms with Crippen LogP contribution in [0.25, 0.3) is 0 Å². The molecule has 4 heterocycles. The van der Waals surface area contributed by atoms with Crippen molar-refractivity contribution in [3.05, 3.63) is 45.5 Å². The number of benzene rings is 1. The van der Waals surface area contributed by atoms with E-state index in [1.54, 1.807) is 4.90 Å². The van der Waals surface area contributed by atoms with Gasteiger partial charge in [0, 0.05) is 30.8 Å². The molecule has 2 saturated heterocycles. The highest BCUT2D eigenvalue weighted by Gasteiger charge is 2.49. The number of hydrogen-bond donors (Lipinski definition) is 0. The first-order chi connectivity index (χ1) is 14.8. The van der Waals surface area contributed by atoms with Gasteiger partial charge in [-0.3, -0.25) is 4.79 Å². The molecule has 0 bridgehead atoms. The van der Waals surface area contributed by atoms with Gasteiger partial charge in [0.15, 0.2) is 9.84 Å². The van der Waals surface area contributed by atoms with Crippen LogP contribution in [0.4, 0.5) is 0 Å². The average Bonchev–Trinajstić information content (AvgIpc) is 3.40.